The second-order valence-electron chi connectivity index (χ2n) is 6.17. The third kappa shape index (κ3) is 7.14. The maximum absolute atomic E-state index is 12.3. The molecule has 0 atom stereocenters. The van der Waals surface area contributed by atoms with E-state index < -0.39 is 6.16 Å². The van der Waals surface area contributed by atoms with Gasteiger partial charge in [-0.3, -0.25) is 9.59 Å². The quantitative estimate of drug-likeness (QED) is 0.399. The molecule has 0 radical (unpaired) electrons. The van der Waals surface area contributed by atoms with Crippen LogP contribution in [0.1, 0.15) is 37.6 Å². The van der Waals surface area contributed by atoms with Crippen molar-refractivity contribution >= 4 is 29.3 Å². The number of anilines is 2. The summed E-state index contributed by atoms with van der Waals surface area (Å²) in [5.41, 5.74) is 2.61. The lowest BCUT2D eigenvalue weighted by Crippen LogP contribution is -2.13. The van der Waals surface area contributed by atoms with E-state index >= 15 is 0 Å². The van der Waals surface area contributed by atoms with Crippen molar-refractivity contribution in [2.75, 3.05) is 17.2 Å². The van der Waals surface area contributed by atoms with Crippen LogP contribution < -0.4 is 15.4 Å². The van der Waals surface area contributed by atoms with Crippen LogP contribution in [-0.4, -0.2) is 24.6 Å². The molecule has 0 saturated heterocycles. The molecule has 2 N–H and O–H groups in total. The molecule has 0 aliphatic heterocycles. The molecular weight excluding hydrogens is 372 g/mol. The van der Waals surface area contributed by atoms with Crippen LogP contribution in [0.25, 0.3) is 0 Å². The Morgan fingerprint density at radius 1 is 0.897 bits per heavy atom. The molecule has 0 aromatic heterocycles. The van der Waals surface area contributed by atoms with Crippen LogP contribution in [-0.2, 0) is 9.53 Å². The fraction of sp³-hybridized carbons (Fsp3) is 0.227. The first-order valence-corrected chi connectivity index (χ1v) is 9.25. The first kappa shape index (κ1) is 21.7. The summed E-state index contributed by atoms with van der Waals surface area (Å²) in [6, 6.07) is 12.9. The highest BCUT2D eigenvalue weighted by Gasteiger charge is 2.09. The molecule has 0 unspecified atom stereocenters. The highest BCUT2D eigenvalue weighted by Crippen LogP contribution is 2.17. The second kappa shape index (κ2) is 10.7. The van der Waals surface area contributed by atoms with Crippen molar-refractivity contribution in [2.24, 2.45) is 0 Å². The Bertz CT molecular complexity index is 886. The predicted octanol–water partition coefficient (Wildman–Crippen LogP) is 4.77. The summed E-state index contributed by atoms with van der Waals surface area (Å²) in [7, 11) is 0. The van der Waals surface area contributed by atoms with Crippen LogP contribution in [0.5, 0.6) is 5.75 Å². The molecule has 7 nitrogen and oxygen atoms in total. The molecule has 2 rings (SSSR count). The number of nitrogens with one attached hydrogen (secondary N) is 2. The summed E-state index contributed by atoms with van der Waals surface area (Å²) >= 11 is 0. The van der Waals surface area contributed by atoms with E-state index in [1.165, 1.54) is 12.1 Å². The third-order valence-corrected chi connectivity index (χ3v) is 3.93. The first-order valence-electron chi connectivity index (χ1n) is 9.25. The van der Waals surface area contributed by atoms with Crippen molar-refractivity contribution in [3.05, 3.63) is 65.7 Å². The number of amides is 2. The van der Waals surface area contributed by atoms with Gasteiger partial charge < -0.3 is 20.1 Å². The Balaban J connectivity index is 1.93. The summed E-state index contributed by atoms with van der Waals surface area (Å²) in [5.74, 6) is -0.218. The summed E-state index contributed by atoms with van der Waals surface area (Å²) in [4.78, 5) is 35.5. The molecule has 2 aromatic carbocycles. The van der Waals surface area contributed by atoms with E-state index in [9.17, 15) is 14.4 Å². The lowest BCUT2D eigenvalue weighted by Gasteiger charge is -2.08. The molecule has 152 valence electrons. The molecule has 0 fully saturated rings. The van der Waals surface area contributed by atoms with Crippen molar-refractivity contribution in [3.63, 3.8) is 0 Å². The molecule has 0 spiro atoms. The molecule has 0 bridgehead atoms. The Kier molecular flexibility index (Phi) is 7.97. The second-order valence-corrected chi connectivity index (χ2v) is 6.17. The van der Waals surface area contributed by atoms with Crippen molar-refractivity contribution < 1.29 is 23.9 Å². The zero-order valence-electron chi connectivity index (χ0n) is 16.7. The third-order valence-electron chi connectivity index (χ3n) is 3.93. The highest BCUT2D eigenvalue weighted by atomic mass is 16.7. The van der Waals surface area contributed by atoms with Crippen molar-refractivity contribution in [3.8, 4) is 5.75 Å². The molecule has 0 heterocycles. The van der Waals surface area contributed by atoms with Crippen LogP contribution >= 0.6 is 0 Å². The lowest BCUT2D eigenvalue weighted by atomic mass is 10.2. The van der Waals surface area contributed by atoms with E-state index in [1.54, 1.807) is 49.4 Å². The standard InChI is InChI=1S/C22H24N2O5/c1-4-15(3)14-20(25)23-17-8-10-18(11-9-17)24-21(26)16-6-12-19(13-7-16)29-22(27)28-5-2/h6-14H,4-5H2,1-3H3,(H,23,25)(H,24,26)/b15-14+. The molecule has 2 amide bonds. The van der Waals surface area contributed by atoms with E-state index in [1.807, 2.05) is 13.8 Å². The Labute approximate surface area is 169 Å². The minimum atomic E-state index is -0.794. The number of benzene rings is 2. The number of carbonyl (C=O) groups excluding carboxylic acids is 3. The molecule has 2 aromatic rings. The monoisotopic (exact) mass is 396 g/mol. The first-order chi connectivity index (χ1) is 13.9. The van der Waals surface area contributed by atoms with Gasteiger partial charge in [0.25, 0.3) is 5.91 Å². The molecule has 0 aliphatic carbocycles. The Morgan fingerprint density at radius 2 is 1.48 bits per heavy atom. The Hall–Kier alpha value is -3.61. The number of hydrogen-bond acceptors (Lipinski definition) is 5. The maximum atomic E-state index is 12.3. The maximum Gasteiger partial charge on any atom is 0.513 e. The summed E-state index contributed by atoms with van der Waals surface area (Å²) in [5, 5.41) is 5.54. The predicted molar refractivity (Wildman–Crippen MR) is 111 cm³/mol. The lowest BCUT2D eigenvalue weighted by molar-refractivity contribution is -0.112. The van der Waals surface area contributed by atoms with Crippen molar-refractivity contribution in [2.45, 2.75) is 27.2 Å². The van der Waals surface area contributed by atoms with Gasteiger partial charge in [0.05, 0.1) is 6.61 Å². The van der Waals surface area contributed by atoms with Crippen LogP contribution in [0.15, 0.2) is 60.2 Å². The van der Waals surface area contributed by atoms with E-state index in [0.29, 0.717) is 16.9 Å². The Morgan fingerprint density at radius 3 is 2.03 bits per heavy atom. The van der Waals surface area contributed by atoms with Gasteiger partial charge in [0.1, 0.15) is 5.75 Å². The molecule has 0 saturated carbocycles. The molecule has 0 aliphatic rings. The van der Waals surface area contributed by atoms with Crippen LogP contribution in [0.3, 0.4) is 0 Å². The molecule has 7 heteroatoms. The van der Waals surface area contributed by atoms with Gasteiger partial charge in [-0.25, -0.2) is 4.79 Å². The van der Waals surface area contributed by atoms with Gasteiger partial charge in [0.15, 0.2) is 0 Å². The largest absolute Gasteiger partial charge is 0.513 e. The van der Waals surface area contributed by atoms with Gasteiger partial charge in [-0.05, 0) is 68.8 Å². The summed E-state index contributed by atoms with van der Waals surface area (Å²) < 4.78 is 9.64. The van der Waals surface area contributed by atoms with Crippen LogP contribution in [0, 0.1) is 0 Å². The van der Waals surface area contributed by atoms with Crippen LogP contribution in [0.2, 0.25) is 0 Å². The van der Waals surface area contributed by atoms with Gasteiger partial charge in [-0.2, -0.15) is 0 Å². The zero-order valence-corrected chi connectivity index (χ0v) is 16.7. The number of rotatable bonds is 7. The zero-order chi connectivity index (χ0) is 21.2. The van der Waals surface area contributed by atoms with Crippen molar-refractivity contribution in [1.82, 2.24) is 0 Å². The van der Waals surface area contributed by atoms with Gasteiger partial charge in [0, 0.05) is 23.0 Å². The average molecular weight is 396 g/mol. The fourth-order valence-corrected chi connectivity index (χ4v) is 2.26. The highest BCUT2D eigenvalue weighted by molar-refractivity contribution is 6.04. The smallest absolute Gasteiger partial charge is 0.434 e. The van der Waals surface area contributed by atoms with E-state index in [2.05, 4.69) is 10.6 Å². The minimum absolute atomic E-state index is 0.189. The summed E-state index contributed by atoms with van der Waals surface area (Å²) in [6.45, 7) is 5.78. The minimum Gasteiger partial charge on any atom is -0.434 e. The van der Waals surface area contributed by atoms with Crippen molar-refractivity contribution in [1.29, 1.82) is 0 Å². The van der Waals surface area contributed by atoms with E-state index in [4.69, 9.17) is 9.47 Å². The van der Waals surface area contributed by atoms with Crippen LogP contribution in [0.4, 0.5) is 16.2 Å². The normalized spacial score (nSPS) is 10.8. The molecule has 29 heavy (non-hydrogen) atoms. The topological polar surface area (TPSA) is 93.7 Å². The number of carbonyl (C=O) groups is 3. The van der Waals surface area contributed by atoms with Gasteiger partial charge in [-0.1, -0.05) is 12.5 Å². The SMILES string of the molecule is CCOC(=O)Oc1ccc(C(=O)Nc2ccc(NC(=O)/C=C(\C)CC)cc2)cc1. The van der Waals surface area contributed by atoms with Gasteiger partial charge in [-0.15, -0.1) is 0 Å². The number of hydrogen-bond donors (Lipinski definition) is 2. The van der Waals surface area contributed by atoms with E-state index in [0.717, 1.165) is 12.0 Å². The van der Waals surface area contributed by atoms with Gasteiger partial charge >= 0.3 is 6.16 Å². The average Bonchev–Trinajstić information content (AvgIpc) is 2.70. The summed E-state index contributed by atoms with van der Waals surface area (Å²) in [6.07, 6.45) is 1.58. The fourth-order valence-electron chi connectivity index (χ4n) is 2.26. The number of allylic oxidation sites excluding steroid dienone is 1. The number of ether oxygens (including phenoxy) is 2. The van der Waals surface area contributed by atoms with Gasteiger partial charge in [0.2, 0.25) is 5.91 Å². The molecular formula is C22H24N2O5. The van der Waals surface area contributed by atoms with E-state index in [-0.39, 0.29) is 24.2 Å².